The SMILES string of the molecule is C[C@H]1CCCCN1c1ncnc2c(-c3ccc(Cl)cc3)nsc12. The summed E-state index contributed by atoms with van der Waals surface area (Å²) in [7, 11) is 0. The zero-order valence-electron chi connectivity index (χ0n) is 12.9. The van der Waals surface area contributed by atoms with E-state index in [1.165, 1.54) is 30.8 Å². The molecule has 0 unspecified atom stereocenters. The Labute approximate surface area is 144 Å². The summed E-state index contributed by atoms with van der Waals surface area (Å²) in [5.74, 6) is 1.03. The minimum absolute atomic E-state index is 0.517. The number of hydrogen-bond acceptors (Lipinski definition) is 5. The van der Waals surface area contributed by atoms with Gasteiger partial charge in [-0.3, -0.25) is 0 Å². The van der Waals surface area contributed by atoms with E-state index in [0.717, 1.165) is 38.9 Å². The lowest BCUT2D eigenvalue weighted by atomic mass is 10.0. The molecule has 0 N–H and O–H groups in total. The number of nitrogens with zero attached hydrogens (tertiary/aromatic N) is 4. The normalized spacial score (nSPS) is 18.5. The van der Waals surface area contributed by atoms with Crippen LogP contribution in [0.3, 0.4) is 0 Å². The van der Waals surface area contributed by atoms with E-state index in [0.29, 0.717) is 6.04 Å². The van der Waals surface area contributed by atoms with Gasteiger partial charge < -0.3 is 4.90 Å². The lowest BCUT2D eigenvalue weighted by Crippen LogP contribution is -2.38. The minimum atomic E-state index is 0.517. The fourth-order valence-electron chi connectivity index (χ4n) is 3.17. The number of fused-ring (bicyclic) bond motifs is 1. The molecule has 0 amide bonds. The molecule has 1 atom stereocenters. The van der Waals surface area contributed by atoms with Gasteiger partial charge in [-0.2, -0.15) is 4.37 Å². The van der Waals surface area contributed by atoms with Gasteiger partial charge in [0.25, 0.3) is 0 Å². The Kier molecular flexibility index (Phi) is 3.91. The van der Waals surface area contributed by atoms with E-state index in [2.05, 4.69) is 26.2 Å². The number of halogens is 1. The standard InChI is InChI=1S/C17H17ClN4S/c1-11-4-2-3-9-22(11)17-16-15(19-10-20-17)14(21-23-16)12-5-7-13(18)8-6-12/h5-8,10-11H,2-4,9H2,1H3/t11-/m0/s1. The predicted molar refractivity (Wildman–Crippen MR) is 96.3 cm³/mol. The van der Waals surface area contributed by atoms with Crippen molar-refractivity contribution in [2.75, 3.05) is 11.4 Å². The highest BCUT2D eigenvalue weighted by molar-refractivity contribution is 7.14. The molecule has 1 aromatic carbocycles. The molecule has 1 aliphatic rings. The highest BCUT2D eigenvalue weighted by Gasteiger charge is 2.23. The third-order valence-electron chi connectivity index (χ3n) is 4.43. The van der Waals surface area contributed by atoms with Crippen LogP contribution in [0.5, 0.6) is 0 Å². The minimum Gasteiger partial charge on any atom is -0.353 e. The molecule has 0 radical (unpaired) electrons. The second-order valence-electron chi connectivity index (χ2n) is 5.95. The molecule has 3 aromatic rings. The van der Waals surface area contributed by atoms with Crippen molar-refractivity contribution in [3.8, 4) is 11.3 Å². The molecule has 0 aliphatic carbocycles. The van der Waals surface area contributed by atoms with Crippen molar-refractivity contribution in [2.45, 2.75) is 32.2 Å². The number of piperidine rings is 1. The van der Waals surface area contributed by atoms with Crippen molar-refractivity contribution in [3.63, 3.8) is 0 Å². The van der Waals surface area contributed by atoms with Gasteiger partial charge in [0.05, 0.1) is 0 Å². The number of rotatable bonds is 2. The van der Waals surface area contributed by atoms with Crippen LogP contribution in [0.4, 0.5) is 5.82 Å². The van der Waals surface area contributed by atoms with Crippen LogP contribution in [0, 0.1) is 0 Å². The predicted octanol–water partition coefficient (Wildman–Crippen LogP) is 4.79. The van der Waals surface area contributed by atoms with E-state index in [1.807, 2.05) is 24.3 Å². The lowest BCUT2D eigenvalue weighted by molar-refractivity contribution is 0.482. The van der Waals surface area contributed by atoms with E-state index in [-0.39, 0.29) is 0 Å². The molecular formula is C17H17ClN4S. The molecule has 23 heavy (non-hydrogen) atoms. The first-order valence-electron chi connectivity index (χ1n) is 7.87. The maximum Gasteiger partial charge on any atom is 0.151 e. The summed E-state index contributed by atoms with van der Waals surface area (Å²) in [4.78, 5) is 11.5. The number of aromatic nitrogens is 3. The molecule has 6 heteroatoms. The topological polar surface area (TPSA) is 41.9 Å². The zero-order valence-corrected chi connectivity index (χ0v) is 14.4. The van der Waals surface area contributed by atoms with Gasteiger partial charge in [-0.25, -0.2) is 9.97 Å². The van der Waals surface area contributed by atoms with E-state index in [9.17, 15) is 0 Å². The number of anilines is 1. The number of hydrogen-bond donors (Lipinski definition) is 0. The molecule has 1 aliphatic heterocycles. The molecule has 0 saturated carbocycles. The lowest BCUT2D eigenvalue weighted by Gasteiger charge is -2.34. The highest BCUT2D eigenvalue weighted by atomic mass is 35.5. The monoisotopic (exact) mass is 344 g/mol. The largest absolute Gasteiger partial charge is 0.353 e. The Morgan fingerprint density at radius 1 is 1.17 bits per heavy atom. The highest BCUT2D eigenvalue weighted by Crippen LogP contribution is 2.36. The van der Waals surface area contributed by atoms with Crippen molar-refractivity contribution in [2.24, 2.45) is 0 Å². The maximum atomic E-state index is 5.98. The van der Waals surface area contributed by atoms with Crippen LogP contribution < -0.4 is 4.90 Å². The second kappa shape index (κ2) is 6.06. The molecular weight excluding hydrogens is 328 g/mol. The van der Waals surface area contributed by atoms with Gasteiger partial charge in [0.1, 0.15) is 22.2 Å². The summed E-state index contributed by atoms with van der Waals surface area (Å²) in [5.41, 5.74) is 2.88. The summed E-state index contributed by atoms with van der Waals surface area (Å²) in [6.07, 6.45) is 5.39. The van der Waals surface area contributed by atoms with Gasteiger partial charge in [-0.1, -0.05) is 23.7 Å². The Morgan fingerprint density at radius 2 is 2.00 bits per heavy atom. The van der Waals surface area contributed by atoms with E-state index >= 15 is 0 Å². The summed E-state index contributed by atoms with van der Waals surface area (Å²) in [5, 5.41) is 0.728. The third-order valence-corrected chi connectivity index (χ3v) is 5.51. The van der Waals surface area contributed by atoms with Crippen LogP contribution in [0.25, 0.3) is 21.5 Å². The Balaban J connectivity index is 1.81. The van der Waals surface area contributed by atoms with E-state index in [4.69, 9.17) is 11.6 Å². The Morgan fingerprint density at radius 3 is 2.78 bits per heavy atom. The van der Waals surface area contributed by atoms with E-state index < -0.39 is 0 Å². The first kappa shape index (κ1) is 14.8. The maximum absolute atomic E-state index is 5.98. The van der Waals surface area contributed by atoms with Gasteiger partial charge in [0.2, 0.25) is 0 Å². The average molecular weight is 345 g/mol. The van der Waals surface area contributed by atoms with Crippen molar-refractivity contribution in [1.82, 2.24) is 14.3 Å². The van der Waals surface area contributed by atoms with Crippen molar-refractivity contribution in [1.29, 1.82) is 0 Å². The number of benzene rings is 1. The average Bonchev–Trinajstić information content (AvgIpc) is 3.00. The molecule has 2 aromatic heterocycles. The van der Waals surface area contributed by atoms with Gasteiger partial charge in [0, 0.05) is 23.2 Å². The van der Waals surface area contributed by atoms with Crippen LogP contribution in [-0.4, -0.2) is 26.9 Å². The van der Waals surface area contributed by atoms with Gasteiger partial charge in [-0.15, -0.1) is 0 Å². The van der Waals surface area contributed by atoms with Gasteiger partial charge >= 0.3 is 0 Å². The summed E-state index contributed by atoms with van der Waals surface area (Å²) >= 11 is 7.47. The molecule has 1 saturated heterocycles. The second-order valence-corrected chi connectivity index (χ2v) is 7.16. The van der Waals surface area contributed by atoms with Gasteiger partial charge in [0.15, 0.2) is 5.82 Å². The Hall–Kier alpha value is -1.72. The molecule has 118 valence electrons. The van der Waals surface area contributed by atoms with Crippen LogP contribution in [0.2, 0.25) is 5.02 Å². The third kappa shape index (κ3) is 2.68. The molecule has 1 fully saturated rings. The molecule has 4 nitrogen and oxygen atoms in total. The van der Waals surface area contributed by atoms with Gasteiger partial charge in [-0.05, 0) is 49.9 Å². The summed E-state index contributed by atoms with van der Waals surface area (Å²) in [6, 6.07) is 8.26. The first-order valence-corrected chi connectivity index (χ1v) is 9.02. The quantitative estimate of drug-likeness (QED) is 0.670. The van der Waals surface area contributed by atoms with Crippen LogP contribution >= 0.6 is 23.1 Å². The molecule has 0 bridgehead atoms. The fourth-order valence-corrected chi connectivity index (χ4v) is 4.15. The van der Waals surface area contributed by atoms with Crippen molar-refractivity contribution in [3.05, 3.63) is 35.6 Å². The van der Waals surface area contributed by atoms with E-state index in [1.54, 1.807) is 6.33 Å². The van der Waals surface area contributed by atoms with Crippen LogP contribution in [0.1, 0.15) is 26.2 Å². The molecule has 0 spiro atoms. The smallest absolute Gasteiger partial charge is 0.151 e. The van der Waals surface area contributed by atoms with Crippen molar-refractivity contribution >= 4 is 39.2 Å². The van der Waals surface area contributed by atoms with Crippen molar-refractivity contribution < 1.29 is 0 Å². The summed E-state index contributed by atoms with van der Waals surface area (Å²) in [6.45, 7) is 3.33. The fraction of sp³-hybridized carbons (Fsp3) is 0.353. The molecule has 4 rings (SSSR count). The van der Waals surface area contributed by atoms with Crippen LogP contribution in [-0.2, 0) is 0 Å². The molecule has 3 heterocycles. The van der Waals surface area contributed by atoms with Crippen LogP contribution in [0.15, 0.2) is 30.6 Å². The summed E-state index contributed by atoms with van der Waals surface area (Å²) < 4.78 is 5.72. The zero-order chi connectivity index (χ0) is 15.8. The first-order chi connectivity index (χ1) is 11.2. The Bertz CT molecular complexity index is 830.